The molecule has 162 valence electrons. The van der Waals surface area contributed by atoms with Gasteiger partial charge in [-0.3, -0.25) is 4.79 Å². The summed E-state index contributed by atoms with van der Waals surface area (Å²) in [5.41, 5.74) is 6.81. The molecule has 1 amide bonds. The minimum atomic E-state index is -4.76. The van der Waals surface area contributed by atoms with Crippen molar-refractivity contribution in [1.82, 2.24) is 4.90 Å². The molecule has 2 aromatic carbocycles. The van der Waals surface area contributed by atoms with Gasteiger partial charge in [-0.25, -0.2) is 0 Å². The zero-order chi connectivity index (χ0) is 23.0. The minimum absolute atomic E-state index is 0.213. The van der Waals surface area contributed by atoms with Gasteiger partial charge in [-0.15, -0.1) is 13.2 Å². The highest BCUT2D eigenvalue weighted by atomic mass is 19.4. The van der Waals surface area contributed by atoms with Crippen LogP contribution in [0.15, 0.2) is 60.7 Å². The van der Waals surface area contributed by atoms with E-state index in [4.69, 9.17) is 0 Å². The smallest absolute Gasteiger partial charge is 0.406 e. The summed E-state index contributed by atoms with van der Waals surface area (Å²) in [6.45, 7) is 3.71. The fraction of sp³-hybridized carbons (Fsp3) is 0.200. The predicted molar refractivity (Wildman–Crippen MR) is 114 cm³/mol. The number of amides is 1. The Morgan fingerprint density at radius 2 is 1.97 bits per heavy atom. The molecule has 7 heteroatoms. The molecule has 0 radical (unpaired) electrons. The van der Waals surface area contributed by atoms with Crippen molar-refractivity contribution >= 4 is 11.5 Å². The van der Waals surface area contributed by atoms with Crippen molar-refractivity contribution in [2.75, 3.05) is 7.05 Å². The normalized spacial score (nSPS) is 14.1. The molecule has 4 nitrogen and oxygen atoms in total. The Kier molecular flexibility index (Phi) is 5.39. The number of ether oxygens (including phenoxy) is 1. The molecule has 32 heavy (non-hydrogen) atoms. The number of nitrogens with zero attached hydrogens (tertiary/aromatic N) is 2. The molecule has 0 aromatic heterocycles. The molecule has 2 aliphatic rings. The van der Waals surface area contributed by atoms with Gasteiger partial charge in [0.2, 0.25) is 5.91 Å². The van der Waals surface area contributed by atoms with Gasteiger partial charge in [0.1, 0.15) is 5.75 Å². The van der Waals surface area contributed by atoms with Gasteiger partial charge >= 0.3 is 6.36 Å². The number of nitriles is 1. The molecule has 0 spiro atoms. The Labute approximate surface area is 183 Å². The van der Waals surface area contributed by atoms with Crippen LogP contribution in [0.4, 0.5) is 13.2 Å². The number of fused-ring (bicyclic) bond motifs is 2. The van der Waals surface area contributed by atoms with E-state index in [1.807, 2.05) is 18.2 Å². The van der Waals surface area contributed by atoms with Crippen LogP contribution < -0.4 is 4.74 Å². The first-order valence-corrected chi connectivity index (χ1v) is 9.96. The van der Waals surface area contributed by atoms with Crippen LogP contribution in [0.25, 0.3) is 16.7 Å². The molecule has 0 atom stereocenters. The maximum absolute atomic E-state index is 12.5. The number of likely N-dealkylation sites (N-methyl/N-ethyl adjacent to an activating group) is 1. The van der Waals surface area contributed by atoms with Crippen LogP contribution in [-0.4, -0.2) is 24.2 Å². The third-order valence-electron chi connectivity index (χ3n) is 5.69. The summed E-state index contributed by atoms with van der Waals surface area (Å²) in [6, 6.07) is 9.85. The number of carbonyl (C=O) groups excluding carboxylic acids is 1. The Bertz CT molecular complexity index is 1220. The van der Waals surface area contributed by atoms with Gasteiger partial charge in [-0.2, -0.15) is 5.26 Å². The molecule has 0 unspecified atom stereocenters. The third kappa shape index (κ3) is 3.92. The summed E-state index contributed by atoms with van der Waals surface area (Å²) in [7, 11) is 1.63. The van der Waals surface area contributed by atoms with E-state index in [1.54, 1.807) is 19.2 Å². The average Bonchev–Trinajstić information content (AvgIpc) is 2.72. The zero-order valence-electron chi connectivity index (χ0n) is 17.3. The first-order chi connectivity index (χ1) is 15.2. The first kappa shape index (κ1) is 21.4. The first-order valence-electron chi connectivity index (χ1n) is 9.96. The van der Waals surface area contributed by atoms with E-state index in [9.17, 15) is 23.2 Å². The zero-order valence-corrected chi connectivity index (χ0v) is 17.3. The molecule has 0 aliphatic heterocycles. The van der Waals surface area contributed by atoms with Crippen LogP contribution in [-0.2, 0) is 17.8 Å². The Morgan fingerprint density at radius 3 is 2.53 bits per heavy atom. The lowest BCUT2D eigenvalue weighted by Gasteiger charge is -2.30. The second-order valence-corrected chi connectivity index (χ2v) is 7.67. The van der Waals surface area contributed by atoms with Gasteiger partial charge in [0, 0.05) is 13.6 Å². The van der Waals surface area contributed by atoms with Crippen molar-refractivity contribution in [3.8, 4) is 22.9 Å². The highest BCUT2D eigenvalue weighted by molar-refractivity contribution is 5.96. The van der Waals surface area contributed by atoms with Gasteiger partial charge in [0.25, 0.3) is 0 Å². The van der Waals surface area contributed by atoms with Crippen molar-refractivity contribution in [2.24, 2.45) is 0 Å². The number of benzene rings is 2. The maximum atomic E-state index is 12.5. The van der Waals surface area contributed by atoms with E-state index in [-0.39, 0.29) is 18.2 Å². The third-order valence-corrected chi connectivity index (χ3v) is 5.69. The van der Waals surface area contributed by atoms with E-state index in [2.05, 4.69) is 17.4 Å². The van der Waals surface area contributed by atoms with E-state index >= 15 is 0 Å². The number of hydrogen-bond acceptors (Lipinski definition) is 3. The Hall–Kier alpha value is -3.79. The molecular weight excluding hydrogens is 417 g/mol. The molecule has 0 saturated heterocycles. The summed E-state index contributed by atoms with van der Waals surface area (Å²) < 4.78 is 41.6. The largest absolute Gasteiger partial charge is 0.573 e. The molecule has 0 bridgehead atoms. The maximum Gasteiger partial charge on any atom is 0.573 e. The van der Waals surface area contributed by atoms with E-state index in [0.29, 0.717) is 23.1 Å². The number of halogens is 3. The number of hydrogen-bond donors (Lipinski definition) is 0. The molecule has 0 heterocycles. The predicted octanol–water partition coefficient (Wildman–Crippen LogP) is 5.54. The molecule has 2 aliphatic carbocycles. The number of allylic oxidation sites excluding steroid dienone is 4. The highest BCUT2D eigenvalue weighted by Gasteiger charge is 2.31. The monoisotopic (exact) mass is 436 g/mol. The second-order valence-electron chi connectivity index (χ2n) is 7.67. The minimum Gasteiger partial charge on any atom is -0.406 e. The molecule has 2 aromatic rings. The molecule has 0 saturated carbocycles. The highest BCUT2D eigenvalue weighted by Crippen LogP contribution is 2.45. The SMILES string of the molecule is C=CC(=O)N(C)Cc1cc(-c2ccc(OC(F)(F)F)cc2)c2c(c1C#N)CCC1=C2C=C1. The van der Waals surface area contributed by atoms with Crippen LogP contribution in [0, 0.1) is 11.3 Å². The van der Waals surface area contributed by atoms with Gasteiger partial charge in [-0.1, -0.05) is 30.9 Å². The molecule has 4 rings (SSSR count). The average molecular weight is 436 g/mol. The number of carbonyl (C=O) groups is 1. The van der Waals surface area contributed by atoms with E-state index in [1.165, 1.54) is 28.7 Å². The van der Waals surface area contributed by atoms with Crippen LogP contribution in [0.1, 0.15) is 28.7 Å². The standard InChI is InChI=1S/C25H19F3N2O2/c1-3-23(31)30(2)14-17-12-21(16-4-8-18(9-5-16)32-25(26,27)28)24-19-10-6-15(19)7-11-20(24)22(17)13-29/h3-6,8-10,12H,1,7,11,14H2,2H3. The van der Waals surface area contributed by atoms with Crippen LogP contribution in [0.3, 0.4) is 0 Å². The van der Waals surface area contributed by atoms with Crippen molar-refractivity contribution in [3.05, 3.63) is 83.0 Å². The molecule has 0 N–H and O–H groups in total. The summed E-state index contributed by atoms with van der Waals surface area (Å²) in [6.07, 6.45) is 1.97. The Morgan fingerprint density at radius 1 is 1.25 bits per heavy atom. The van der Waals surface area contributed by atoms with Crippen molar-refractivity contribution < 1.29 is 22.7 Å². The van der Waals surface area contributed by atoms with Crippen LogP contribution in [0.2, 0.25) is 0 Å². The quantitative estimate of drug-likeness (QED) is 0.579. The number of alkyl halides is 3. The summed E-state index contributed by atoms with van der Waals surface area (Å²) in [5.74, 6) is -0.572. The van der Waals surface area contributed by atoms with Crippen molar-refractivity contribution in [3.63, 3.8) is 0 Å². The van der Waals surface area contributed by atoms with Gasteiger partial charge in [-0.05, 0) is 76.1 Å². The number of rotatable bonds is 5. The lowest BCUT2D eigenvalue weighted by molar-refractivity contribution is -0.274. The van der Waals surface area contributed by atoms with Crippen molar-refractivity contribution in [1.29, 1.82) is 5.26 Å². The van der Waals surface area contributed by atoms with Gasteiger partial charge < -0.3 is 9.64 Å². The summed E-state index contributed by atoms with van der Waals surface area (Å²) in [4.78, 5) is 13.5. The second kappa shape index (κ2) is 8.04. The lowest BCUT2D eigenvalue weighted by Crippen LogP contribution is -2.25. The Balaban J connectivity index is 1.84. The summed E-state index contributed by atoms with van der Waals surface area (Å²) in [5, 5.41) is 9.93. The van der Waals surface area contributed by atoms with Crippen LogP contribution >= 0.6 is 0 Å². The fourth-order valence-corrected chi connectivity index (χ4v) is 4.18. The van der Waals surface area contributed by atoms with Gasteiger partial charge in [0.15, 0.2) is 0 Å². The van der Waals surface area contributed by atoms with E-state index in [0.717, 1.165) is 28.7 Å². The van der Waals surface area contributed by atoms with Crippen LogP contribution in [0.5, 0.6) is 5.75 Å². The van der Waals surface area contributed by atoms with Gasteiger partial charge in [0.05, 0.1) is 11.6 Å². The molecule has 0 fully saturated rings. The fourth-order valence-electron chi connectivity index (χ4n) is 4.18. The lowest BCUT2D eigenvalue weighted by atomic mass is 9.74. The molecular formula is C25H19F3N2O2. The van der Waals surface area contributed by atoms with E-state index < -0.39 is 6.36 Å². The topological polar surface area (TPSA) is 53.3 Å². The van der Waals surface area contributed by atoms with Crippen molar-refractivity contribution in [2.45, 2.75) is 25.7 Å². The summed E-state index contributed by atoms with van der Waals surface area (Å²) >= 11 is 0.